The summed E-state index contributed by atoms with van der Waals surface area (Å²) in [4.78, 5) is 11.9. The summed E-state index contributed by atoms with van der Waals surface area (Å²) in [6.45, 7) is 3.62. The third-order valence-electron chi connectivity index (χ3n) is 2.87. The molecule has 7 heteroatoms. The van der Waals surface area contributed by atoms with Crippen molar-refractivity contribution in [3.63, 3.8) is 0 Å². The number of hydrogen-bond donors (Lipinski definition) is 2. The zero-order valence-electron chi connectivity index (χ0n) is 13.2. The second-order valence-corrected chi connectivity index (χ2v) is 6.86. The Morgan fingerprint density at radius 3 is 2.41 bits per heavy atom. The number of nitrogens with zero attached hydrogens (tertiary/aromatic N) is 1. The van der Waals surface area contributed by atoms with Gasteiger partial charge in [0.2, 0.25) is 10.0 Å². The molecular weight excluding hydrogens is 302 g/mol. The average molecular weight is 325 g/mol. The Hall–Kier alpha value is -2.02. The number of sulfonamides is 1. The summed E-state index contributed by atoms with van der Waals surface area (Å²) in [5.41, 5.74) is 6.54. The summed E-state index contributed by atoms with van der Waals surface area (Å²) in [6, 6.07) is 8.53. The number of benzene rings is 1. The highest BCUT2D eigenvalue weighted by Gasteiger charge is 2.20. The van der Waals surface area contributed by atoms with Gasteiger partial charge in [-0.25, -0.2) is 8.42 Å². The summed E-state index contributed by atoms with van der Waals surface area (Å²) in [7, 11) is -3.54. The highest BCUT2D eigenvalue weighted by Crippen LogP contribution is 2.15. The van der Waals surface area contributed by atoms with Gasteiger partial charge in [0.25, 0.3) is 5.91 Å². The molecule has 0 unspecified atom stereocenters. The Labute approximate surface area is 132 Å². The van der Waals surface area contributed by atoms with E-state index in [9.17, 15) is 13.2 Å². The van der Waals surface area contributed by atoms with E-state index in [0.717, 1.165) is 29.1 Å². The van der Waals surface area contributed by atoms with Gasteiger partial charge in [-0.2, -0.15) is 0 Å². The smallest absolute Gasteiger partial charge is 0.259 e. The van der Waals surface area contributed by atoms with Gasteiger partial charge in [0.1, 0.15) is 6.54 Å². The normalized spacial score (nSPS) is 11.9. The Bertz CT molecular complexity index is 612. The van der Waals surface area contributed by atoms with Crippen LogP contribution in [0.1, 0.15) is 26.7 Å². The zero-order chi connectivity index (χ0) is 16.6. The molecule has 2 N–H and O–H groups in total. The molecule has 0 radical (unpaired) electrons. The van der Waals surface area contributed by atoms with Crippen LogP contribution in [0.15, 0.2) is 42.1 Å². The molecule has 0 saturated heterocycles. The van der Waals surface area contributed by atoms with Gasteiger partial charge in [-0.15, -0.1) is 0 Å². The number of nitrogens with one attached hydrogen (secondary N) is 2. The summed E-state index contributed by atoms with van der Waals surface area (Å²) >= 11 is 0. The molecule has 0 aliphatic rings. The molecule has 0 heterocycles. The second-order valence-electron chi connectivity index (χ2n) is 4.95. The van der Waals surface area contributed by atoms with E-state index in [-0.39, 0.29) is 6.54 Å². The number of para-hydroxylation sites is 1. The van der Waals surface area contributed by atoms with E-state index in [1.54, 1.807) is 30.3 Å². The Balaban J connectivity index is 2.70. The third kappa shape index (κ3) is 6.17. The number of carbonyl (C=O) groups excluding carboxylic acids is 1. The lowest BCUT2D eigenvalue weighted by molar-refractivity contribution is -0.120. The van der Waals surface area contributed by atoms with Crippen molar-refractivity contribution in [3.05, 3.63) is 42.1 Å². The van der Waals surface area contributed by atoms with E-state index in [1.165, 1.54) is 0 Å². The first-order valence-corrected chi connectivity index (χ1v) is 8.93. The SMILES string of the molecule is CCCC=C(C)NNC(=O)CN(c1ccccc1)S(C)(=O)=O. The molecule has 0 fully saturated rings. The third-order valence-corrected chi connectivity index (χ3v) is 4.01. The summed E-state index contributed by atoms with van der Waals surface area (Å²) in [5, 5.41) is 0. The average Bonchev–Trinajstić information content (AvgIpc) is 2.48. The van der Waals surface area contributed by atoms with Gasteiger partial charge in [0.05, 0.1) is 11.9 Å². The van der Waals surface area contributed by atoms with Crippen molar-refractivity contribution in [2.24, 2.45) is 0 Å². The van der Waals surface area contributed by atoms with Gasteiger partial charge >= 0.3 is 0 Å². The summed E-state index contributed by atoms with van der Waals surface area (Å²) in [6.07, 6.45) is 4.97. The minimum absolute atomic E-state index is 0.281. The number of unbranched alkanes of at least 4 members (excludes halogenated alkanes) is 1. The largest absolute Gasteiger partial charge is 0.303 e. The highest BCUT2D eigenvalue weighted by molar-refractivity contribution is 7.92. The Morgan fingerprint density at radius 2 is 1.86 bits per heavy atom. The quantitative estimate of drug-likeness (QED) is 0.714. The van der Waals surface area contributed by atoms with Crippen LogP contribution in [0.5, 0.6) is 0 Å². The summed E-state index contributed by atoms with van der Waals surface area (Å²) < 4.78 is 24.8. The zero-order valence-corrected chi connectivity index (χ0v) is 14.0. The number of amides is 1. The maximum atomic E-state index is 11.9. The minimum atomic E-state index is -3.54. The molecule has 1 aromatic carbocycles. The van der Waals surface area contributed by atoms with E-state index in [4.69, 9.17) is 0 Å². The number of hydrazine groups is 1. The van der Waals surface area contributed by atoms with Gasteiger partial charge < -0.3 is 5.43 Å². The molecule has 22 heavy (non-hydrogen) atoms. The maximum absolute atomic E-state index is 11.9. The van der Waals surface area contributed by atoms with Crippen LogP contribution in [0.4, 0.5) is 5.69 Å². The van der Waals surface area contributed by atoms with Gasteiger partial charge in [0, 0.05) is 5.70 Å². The molecule has 1 rings (SSSR count). The molecule has 122 valence electrons. The van der Waals surface area contributed by atoms with Gasteiger partial charge in [-0.1, -0.05) is 37.6 Å². The van der Waals surface area contributed by atoms with Crippen LogP contribution < -0.4 is 15.2 Å². The van der Waals surface area contributed by atoms with Crippen LogP contribution >= 0.6 is 0 Å². The first-order valence-electron chi connectivity index (χ1n) is 7.09. The Morgan fingerprint density at radius 1 is 1.23 bits per heavy atom. The van der Waals surface area contributed by atoms with Crippen molar-refractivity contribution < 1.29 is 13.2 Å². The van der Waals surface area contributed by atoms with Crippen LogP contribution in [-0.4, -0.2) is 27.1 Å². The van der Waals surface area contributed by atoms with Crippen molar-refractivity contribution >= 4 is 21.6 Å². The van der Waals surface area contributed by atoms with Crippen LogP contribution in [0.3, 0.4) is 0 Å². The highest BCUT2D eigenvalue weighted by atomic mass is 32.2. The van der Waals surface area contributed by atoms with Crippen molar-refractivity contribution in [1.82, 2.24) is 10.9 Å². The number of rotatable bonds is 8. The lowest BCUT2D eigenvalue weighted by Crippen LogP contribution is -2.45. The molecular formula is C15H23N3O3S. The van der Waals surface area contributed by atoms with E-state index >= 15 is 0 Å². The van der Waals surface area contributed by atoms with Crippen LogP contribution in [0.2, 0.25) is 0 Å². The first kappa shape index (κ1) is 18.0. The maximum Gasteiger partial charge on any atom is 0.259 e. The van der Waals surface area contributed by atoms with Crippen molar-refractivity contribution in [1.29, 1.82) is 0 Å². The molecule has 0 aliphatic heterocycles. The van der Waals surface area contributed by atoms with Gasteiger partial charge in [0.15, 0.2) is 0 Å². The van der Waals surface area contributed by atoms with Crippen LogP contribution in [0.25, 0.3) is 0 Å². The summed E-state index contributed by atoms with van der Waals surface area (Å²) in [5.74, 6) is -0.432. The lowest BCUT2D eigenvalue weighted by atomic mass is 10.3. The minimum Gasteiger partial charge on any atom is -0.303 e. The first-order chi connectivity index (χ1) is 10.3. The predicted octanol–water partition coefficient (Wildman–Crippen LogP) is 1.78. The number of hydrogen-bond acceptors (Lipinski definition) is 4. The Kier molecular flexibility index (Phi) is 6.91. The molecule has 6 nitrogen and oxygen atoms in total. The van der Waals surface area contributed by atoms with Crippen molar-refractivity contribution in [3.8, 4) is 0 Å². The lowest BCUT2D eigenvalue weighted by Gasteiger charge is -2.22. The molecule has 0 bridgehead atoms. The molecule has 0 aromatic heterocycles. The molecule has 0 aliphatic carbocycles. The second kappa shape index (κ2) is 8.43. The van der Waals surface area contributed by atoms with Crippen LogP contribution in [-0.2, 0) is 14.8 Å². The predicted molar refractivity (Wildman–Crippen MR) is 88.6 cm³/mol. The number of carbonyl (C=O) groups is 1. The number of allylic oxidation sites excluding steroid dienone is 2. The van der Waals surface area contributed by atoms with Gasteiger partial charge in [-0.05, 0) is 25.5 Å². The fourth-order valence-electron chi connectivity index (χ4n) is 1.74. The molecule has 1 aromatic rings. The van der Waals surface area contributed by atoms with Crippen molar-refractivity contribution in [2.75, 3.05) is 17.1 Å². The molecule has 0 atom stereocenters. The molecule has 0 saturated carbocycles. The standard InChI is InChI=1S/C15H23N3O3S/c1-4-5-9-13(2)16-17-15(19)12-18(22(3,20)21)14-10-7-6-8-11-14/h6-11,16H,4-5,12H2,1-3H3,(H,17,19). The molecule has 1 amide bonds. The fraction of sp³-hybridized carbons (Fsp3) is 0.400. The monoisotopic (exact) mass is 325 g/mol. The van der Waals surface area contributed by atoms with E-state index < -0.39 is 15.9 Å². The van der Waals surface area contributed by atoms with E-state index in [2.05, 4.69) is 17.8 Å². The fourth-order valence-corrected chi connectivity index (χ4v) is 2.60. The molecule has 0 spiro atoms. The van der Waals surface area contributed by atoms with Gasteiger partial charge in [-0.3, -0.25) is 14.5 Å². The van der Waals surface area contributed by atoms with Crippen molar-refractivity contribution in [2.45, 2.75) is 26.7 Å². The van der Waals surface area contributed by atoms with E-state index in [1.807, 2.05) is 13.0 Å². The number of anilines is 1. The van der Waals surface area contributed by atoms with Crippen LogP contribution in [0, 0.1) is 0 Å². The topological polar surface area (TPSA) is 78.5 Å². The van der Waals surface area contributed by atoms with E-state index in [0.29, 0.717) is 5.69 Å².